The lowest BCUT2D eigenvalue weighted by molar-refractivity contribution is -0.117. The van der Waals surface area contributed by atoms with Crippen molar-refractivity contribution in [1.29, 1.82) is 0 Å². The maximum atomic E-state index is 12.5. The van der Waals surface area contributed by atoms with Gasteiger partial charge < -0.3 is 10.3 Å². The lowest BCUT2D eigenvalue weighted by Gasteiger charge is -2.29. The number of H-pyrrole nitrogens is 1. The third kappa shape index (κ3) is 4.49. The highest BCUT2D eigenvalue weighted by Crippen LogP contribution is 2.27. The van der Waals surface area contributed by atoms with Crippen LogP contribution in [0.3, 0.4) is 0 Å². The first-order chi connectivity index (χ1) is 12.7. The minimum atomic E-state index is 0. The first kappa shape index (κ1) is 19.4. The van der Waals surface area contributed by atoms with Gasteiger partial charge in [-0.15, -0.1) is 12.4 Å². The number of halogens is 1. The molecule has 1 amide bonds. The second-order valence-electron chi connectivity index (χ2n) is 7.15. The highest BCUT2D eigenvalue weighted by Gasteiger charge is 2.19. The molecule has 2 heterocycles. The molecule has 0 unspecified atom stereocenters. The molecule has 3 aromatic rings. The number of hydrogen-bond acceptors (Lipinski definition) is 3. The lowest BCUT2D eigenvalue weighted by Crippen LogP contribution is -2.38. The average molecular weight is 385 g/mol. The molecule has 1 aromatic heterocycles. The summed E-state index contributed by atoms with van der Waals surface area (Å²) in [6.07, 6.45) is 2.34. The fourth-order valence-corrected chi connectivity index (χ4v) is 3.49. The number of carbonyl (C=O) groups excluding carboxylic acids is 1. The Morgan fingerprint density at radius 2 is 1.85 bits per heavy atom. The molecule has 0 bridgehead atoms. The minimum Gasteiger partial charge on any atom is -0.338 e. The Kier molecular flexibility index (Phi) is 6.14. The van der Waals surface area contributed by atoms with E-state index in [-0.39, 0.29) is 18.3 Å². The van der Waals surface area contributed by atoms with E-state index in [9.17, 15) is 4.79 Å². The molecule has 0 radical (unpaired) electrons. The number of aromatic amines is 1. The second-order valence-corrected chi connectivity index (χ2v) is 7.15. The number of rotatable bonds is 4. The number of nitrogens with zero attached hydrogens (tertiary/aromatic N) is 2. The first-order valence-electron chi connectivity index (χ1n) is 9.25. The van der Waals surface area contributed by atoms with E-state index >= 15 is 0 Å². The van der Waals surface area contributed by atoms with Crippen molar-refractivity contribution in [3.05, 3.63) is 48.5 Å². The highest BCUT2D eigenvalue weighted by atomic mass is 35.5. The lowest BCUT2D eigenvalue weighted by atomic mass is 9.99. The number of hydrogen-bond donors (Lipinski definition) is 2. The molecule has 1 aliphatic rings. The quantitative estimate of drug-likeness (QED) is 0.704. The summed E-state index contributed by atoms with van der Waals surface area (Å²) in [4.78, 5) is 22.8. The largest absolute Gasteiger partial charge is 0.338 e. The van der Waals surface area contributed by atoms with E-state index in [0.717, 1.165) is 47.1 Å². The van der Waals surface area contributed by atoms with Crippen LogP contribution in [0.5, 0.6) is 0 Å². The SMILES string of the molecule is CC1CCN(CC(=O)Nc2ccccc2-c2nc3ccccc3[nH]2)CC1.Cl. The van der Waals surface area contributed by atoms with Gasteiger partial charge in [-0.1, -0.05) is 31.2 Å². The van der Waals surface area contributed by atoms with Crippen molar-refractivity contribution < 1.29 is 4.79 Å². The Hall–Kier alpha value is -2.37. The van der Waals surface area contributed by atoms with Crippen molar-refractivity contribution in [2.45, 2.75) is 19.8 Å². The Morgan fingerprint density at radius 3 is 2.63 bits per heavy atom. The van der Waals surface area contributed by atoms with Gasteiger partial charge in [0.2, 0.25) is 5.91 Å². The molecule has 142 valence electrons. The molecule has 1 aliphatic heterocycles. The van der Waals surface area contributed by atoms with Crippen LogP contribution < -0.4 is 5.32 Å². The van der Waals surface area contributed by atoms with Crippen molar-refractivity contribution in [2.75, 3.05) is 25.0 Å². The molecular weight excluding hydrogens is 360 g/mol. The van der Waals surface area contributed by atoms with Crippen molar-refractivity contribution in [1.82, 2.24) is 14.9 Å². The number of benzene rings is 2. The maximum absolute atomic E-state index is 12.5. The molecule has 6 heteroatoms. The summed E-state index contributed by atoms with van der Waals surface area (Å²) in [5.41, 5.74) is 3.61. The number of imidazole rings is 1. The van der Waals surface area contributed by atoms with Gasteiger partial charge in [-0.25, -0.2) is 4.98 Å². The molecule has 0 saturated carbocycles. The molecule has 1 fully saturated rings. The Morgan fingerprint density at radius 1 is 1.15 bits per heavy atom. The number of amides is 1. The van der Waals surface area contributed by atoms with Gasteiger partial charge in [-0.05, 0) is 56.1 Å². The van der Waals surface area contributed by atoms with E-state index in [4.69, 9.17) is 0 Å². The smallest absolute Gasteiger partial charge is 0.238 e. The standard InChI is InChI=1S/C21H24N4O.ClH/c1-15-10-12-25(13-11-15)14-20(26)22-17-7-3-2-6-16(17)21-23-18-8-4-5-9-19(18)24-21;/h2-9,15H,10-14H2,1H3,(H,22,26)(H,23,24);1H. The predicted octanol–water partition coefficient (Wildman–Crippen LogP) is 4.32. The number of anilines is 1. The van der Waals surface area contributed by atoms with Gasteiger partial charge in [0.15, 0.2) is 0 Å². The monoisotopic (exact) mass is 384 g/mol. The van der Waals surface area contributed by atoms with Gasteiger partial charge in [0.25, 0.3) is 0 Å². The van der Waals surface area contributed by atoms with Gasteiger partial charge in [-0.2, -0.15) is 0 Å². The van der Waals surface area contributed by atoms with Crippen molar-refractivity contribution in [2.24, 2.45) is 5.92 Å². The average Bonchev–Trinajstić information content (AvgIpc) is 3.08. The van der Waals surface area contributed by atoms with E-state index in [1.54, 1.807) is 0 Å². The van der Waals surface area contributed by atoms with Crippen molar-refractivity contribution in [3.63, 3.8) is 0 Å². The zero-order valence-electron chi connectivity index (χ0n) is 15.4. The third-order valence-corrected chi connectivity index (χ3v) is 5.09. The molecule has 0 atom stereocenters. The number of piperidine rings is 1. The molecule has 1 saturated heterocycles. The van der Waals surface area contributed by atoms with Crippen LogP contribution in [-0.4, -0.2) is 40.4 Å². The first-order valence-corrected chi connectivity index (χ1v) is 9.25. The van der Waals surface area contributed by atoms with E-state index < -0.39 is 0 Å². The minimum absolute atomic E-state index is 0. The molecule has 2 N–H and O–H groups in total. The summed E-state index contributed by atoms with van der Waals surface area (Å²) in [6.45, 7) is 4.72. The number of para-hydroxylation sites is 3. The van der Waals surface area contributed by atoms with E-state index in [2.05, 4.69) is 27.1 Å². The summed E-state index contributed by atoms with van der Waals surface area (Å²) in [5.74, 6) is 1.57. The van der Waals surface area contributed by atoms with Crippen molar-refractivity contribution >= 4 is 35.0 Å². The number of nitrogens with one attached hydrogen (secondary N) is 2. The summed E-state index contributed by atoms with van der Waals surface area (Å²) in [6, 6.07) is 15.7. The zero-order chi connectivity index (χ0) is 17.9. The number of carbonyl (C=O) groups is 1. The van der Waals surface area contributed by atoms with Gasteiger partial charge in [0.1, 0.15) is 5.82 Å². The summed E-state index contributed by atoms with van der Waals surface area (Å²) < 4.78 is 0. The van der Waals surface area contributed by atoms with Gasteiger partial charge in [0, 0.05) is 5.56 Å². The Balaban J connectivity index is 0.00000210. The van der Waals surface area contributed by atoms with Crippen LogP contribution >= 0.6 is 12.4 Å². The molecule has 5 nitrogen and oxygen atoms in total. The van der Waals surface area contributed by atoms with E-state index in [1.807, 2.05) is 48.5 Å². The molecule has 0 aliphatic carbocycles. The van der Waals surface area contributed by atoms with Crippen LogP contribution in [0.2, 0.25) is 0 Å². The molecule has 0 spiro atoms. The summed E-state index contributed by atoms with van der Waals surface area (Å²) in [5, 5.41) is 3.07. The molecule has 2 aromatic carbocycles. The van der Waals surface area contributed by atoms with Crippen LogP contribution in [0.1, 0.15) is 19.8 Å². The zero-order valence-corrected chi connectivity index (χ0v) is 16.3. The maximum Gasteiger partial charge on any atom is 0.238 e. The Bertz CT molecular complexity index is 882. The summed E-state index contributed by atoms with van der Waals surface area (Å²) >= 11 is 0. The van der Waals surface area contributed by atoms with Crippen LogP contribution in [0, 0.1) is 5.92 Å². The van der Waals surface area contributed by atoms with Gasteiger partial charge in [0.05, 0.1) is 23.3 Å². The van der Waals surface area contributed by atoms with Gasteiger partial charge in [-0.3, -0.25) is 9.69 Å². The highest BCUT2D eigenvalue weighted by molar-refractivity contribution is 5.96. The van der Waals surface area contributed by atoms with E-state index in [1.165, 1.54) is 12.8 Å². The Labute approximate surface area is 165 Å². The molecule has 4 rings (SSSR count). The number of likely N-dealkylation sites (tertiary alicyclic amines) is 1. The normalized spacial score (nSPS) is 15.4. The topological polar surface area (TPSA) is 61.0 Å². The van der Waals surface area contributed by atoms with Crippen LogP contribution in [0.15, 0.2) is 48.5 Å². The summed E-state index contributed by atoms with van der Waals surface area (Å²) in [7, 11) is 0. The second kappa shape index (κ2) is 8.55. The van der Waals surface area contributed by atoms with Gasteiger partial charge >= 0.3 is 0 Å². The van der Waals surface area contributed by atoms with Crippen LogP contribution in [-0.2, 0) is 4.79 Å². The van der Waals surface area contributed by atoms with Crippen LogP contribution in [0.25, 0.3) is 22.4 Å². The number of fused-ring (bicyclic) bond motifs is 1. The predicted molar refractivity (Wildman–Crippen MR) is 112 cm³/mol. The number of aromatic nitrogens is 2. The fourth-order valence-electron chi connectivity index (χ4n) is 3.49. The van der Waals surface area contributed by atoms with Crippen LogP contribution in [0.4, 0.5) is 5.69 Å². The molecular formula is C21H25ClN4O. The van der Waals surface area contributed by atoms with Crippen molar-refractivity contribution in [3.8, 4) is 11.4 Å². The fraction of sp³-hybridized carbons (Fsp3) is 0.333. The van der Waals surface area contributed by atoms with E-state index in [0.29, 0.717) is 6.54 Å². The third-order valence-electron chi connectivity index (χ3n) is 5.09. The molecule has 27 heavy (non-hydrogen) atoms.